The normalized spacial score (nSPS) is 21.9. The van der Waals surface area contributed by atoms with Crippen LogP contribution in [-0.2, 0) is 16.0 Å². The molecule has 37 heavy (non-hydrogen) atoms. The van der Waals surface area contributed by atoms with Gasteiger partial charge in [0.15, 0.2) is 5.78 Å². The Kier molecular flexibility index (Phi) is 6.63. The van der Waals surface area contributed by atoms with Crippen molar-refractivity contribution in [3.05, 3.63) is 60.3 Å². The van der Waals surface area contributed by atoms with Crippen LogP contribution in [0.1, 0.15) is 31.7 Å². The Morgan fingerprint density at radius 2 is 1.68 bits per heavy atom. The summed E-state index contributed by atoms with van der Waals surface area (Å²) in [7, 11) is 0. The number of para-hydroxylation sites is 1. The fraction of sp³-hybridized carbons (Fsp3) is 0.467. The maximum atomic E-state index is 14.2. The molecule has 0 radical (unpaired) electrons. The minimum Gasteiger partial charge on any atom is -0.380 e. The number of nitrogens with one attached hydrogen (secondary N) is 2. The number of piperazine rings is 1. The van der Waals surface area contributed by atoms with E-state index in [0.29, 0.717) is 18.9 Å². The van der Waals surface area contributed by atoms with Crippen molar-refractivity contribution in [1.29, 1.82) is 0 Å². The zero-order valence-corrected chi connectivity index (χ0v) is 21.7. The second-order valence-electron chi connectivity index (χ2n) is 10.8. The van der Waals surface area contributed by atoms with Gasteiger partial charge in [-0.15, -0.1) is 0 Å². The second kappa shape index (κ2) is 10.2. The average Bonchev–Trinajstić information content (AvgIpc) is 3.43. The molecule has 0 aliphatic carbocycles. The Hall–Kier alpha value is -3.32. The Balaban J connectivity index is 1.21. The molecule has 3 aliphatic rings. The number of carbonyl (C=O) groups excluding carboxylic acids is 2. The number of H-pyrrole nitrogens is 1. The van der Waals surface area contributed by atoms with Crippen molar-refractivity contribution in [3.8, 4) is 0 Å². The van der Waals surface area contributed by atoms with E-state index in [9.17, 15) is 9.59 Å². The molecule has 4 heterocycles. The first-order valence-electron chi connectivity index (χ1n) is 13.8. The molecule has 2 aromatic carbocycles. The van der Waals surface area contributed by atoms with Crippen molar-refractivity contribution in [3.63, 3.8) is 0 Å². The molecule has 0 bridgehead atoms. The van der Waals surface area contributed by atoms with Crippen LogP contribution >= 0.6 is 0 Å². The van der Waals surface area contributed by atoms with Crippen molar-refractivity contribution in [2.24, 2.45) is 5.92 Å². The molecular weight excluding hydrogens is 462 g/mol. The predicted octanol–water partition coefficient (Wildman–Crippen LogP) is 3.91. The molecule has 3 aromatic rings. The number of piperidine rings is 1. The minimum atomic E-state index is -0.146. The number of aromatic nitrogens is 1. The average molecular weight is 500 g/mol. The molecule has 2 fully saturated rings. The van der Waals surface area contributed by atoms with Crippen molar-refractivity contribution < 1.29 is 9.59 Å². The Morgan fingerprint density at radius 3 is 2.46 bits per heavy atom. The van der Waals surface area contributed by atoms with E-state index in [0.717, 1.165) is 57.4 Å². The second-order valence-corrected chi connectivity index (χ2v) is 10.8. The molecule has 1 aromatic heterocycles. The smallest absolute Gasteiger partial charge is 0.219 e. The van der Waals surface area contributed by atoms with Gasteiger partial charge < -0.3 is 20.1 Å². The van der Waals surface area contributed by atoms with Gasteiger partial charge >= 0.3 is 0 Å². The highest BCUT2D eigenvalue weighted by atomic mass is 16.2. The van der Waals surface area contributed by atoms with Crippen LogP contribution in [0.15, 0.2) is 54.7 Å². The van der Waals surface area contributed by atoms with Crippen LogP contribution < -0.4 is 10.2 Å². The Bertz CT molecular complexity index is 1270. The third-order valence-corrected chi connectivity index (χ3v) is 8.72. The predicted molar refractivity (Wildman–Crippen MR) is 148 cm³/mol. The number of Topliss-reactive ketones (excluding diaryl/α,β-unsaturated/α-hetero) is 1. The van der Waals surface area contributed by atoms with Gasteiger partial charge in [-0.25, -0.2) is 0 Å². The first-order chi connectivity index (χ1) is 18.1. The third kappa shape index (κ3) is 4.73. The highest BCUT2D eigenvalue weighted by Gasteiger charge is 2.40. The minimum absolute atomic E-state index is 0.0196. The van der Waals surface area contributed by atoms with Crippen LogP contribution in [-0.4, -0.2) is 77.8 Å². The number of hydrogen-bond donors (Lipinski definition) is 2. The fourth-order valence-electron chi connectivity index (χ4n) is 6.64. The van der Waals surface area contributed by atoms with Crippen LogP contribution in [0, 0.1) is 5.92 Å². The molecule has 6 rings (SSSR count). The summed E-state index contributed by atoms with van der Waals surface area (Å²) in [6.45, 7) is 6.54. The quantitative estimate of drug-likeness (QED) is 0.557. The largest absolute Gasteiger partial charge is 0.380 e. The molecule has 2 unspecified atom stereocenters. The van der Waals surface area contributed by atoms with Gasteiger partial charge in [0, 0.05) is 86.6 Å². The summed E-state index contributed by atoms with van der Waals surface area (Å²) in [5.41, 5.74) is 4.93. The molecule has 2 N–H and O–H groups in total. The molecule has 2 saturated heterocycles. The molecule has 2 atom stereocenters. The molecule has 1 amide bonds. The maximum Gasteiger partial charge on any atom is 0.219 e. The van der Waals surface area contributed by atoms with Gasteiger partial charge in [-0.2, -0.15) is 0 Å². The summed E-state index contributed by atoms with van der Waals surface area (Å²) in [6.07, 6.45) is 5.50. The van der Waals surface area contributed by atoms with E-state index in [-0.39, 0.29) is 23.9 Å². The number of fused-ring (bicyclic) bond motifs is 2. The lowest BCUT2D eigenvalue weighted by Gasteiger charge is -2.45. The van der Waals surface area contributed by atoms with E-state index in [1.54, 1.807) is 6.92 Å². The summed E-state index contributed by atoms with van der Waals surface area (Å²) in [5.74, 6) is 0.494. The Morgan fingerprint density at radius 1 is 0.892 bits per heavy atom. The number of likely N-dealkylation sites (tertiary alicyclic amines) is 1. The highest BCUT2D eigenvalue weighted by molar-refractivity contribution is 5.92. The first-order valence-corrected chi connectivity index (χ1v) is 13.8. The van der Waals surface area contributed by atoms with Crippen LogP contribution in [0.4, 0.5) is 11.4 Å². The summed E-state index contributed by atoms with van der Waals surface area (Å²) >= 11 is 0. The molecule has 7 heteroatoms. The summed E-state index contributed by atoms with van der Waals surface area (Å²) < 4.78 is 0. The van der Waals surface area contributed by atoms with Gasteiger partial charge in [-0.3, -0.25) is 14.5 Å². The van der Waals surface area contributed by atoms with Gasteiger partial charge in [0.2, 0.25) is 5.91 Å². The van der Waals surface area contributed by atoms with Crippen LogP contribution in [0.2, 0.25) is 0 Å². The van der Waals surface area contributed by atoms with Gasteiger partial charge in [0.05, 0.1) is 6.04 Å². The number of benzene rings is 2. The van der Waals surface area contributed by atoms with Crippen molar-refractivity contribution >= 4 is 34.0 Å². The first kappa shape index (κ1) is 24.0. The van der Waals surface area contributed by atoms with Crippen molar-refractivity contribution in [1.82, 2.24) is 14.8 Å². The number of carbonyl (C=O) groups is 2. The van der Waals surface area contributed by atoms with E-state index < -0.39 is 0 Å². The standard InChI is InChI=1S/C30H37N5O2/c1-21(36)33-15-12-23(13-16-33)30(37)29(27-10-9-22-5-2-3-6-25(22)32-27)35-19-17-34(18-20-35)28-8-4-7-26-24(28)11-14-31-26/h2-8,11,14,23,27,29,31-32H,9-10,12-13,15-20H2,1H3. The number of hydrogen-bond acceptors (Lipinski definition) is 5. The van der Waals surface area contributed by atoms with E-state index in [1.165, 1.54) is 22.3 Å². The molecule has 0 saturated carbocycles. The van der Waals surface area contributed by atoms with Gasteiger partial charge in [-0.1, -0.05) is 24.3 Å². The number of nitrogens with zero attached hydrogens (tertiary/aromatic N) is 3. The SMILES string of the molecule is CC(=O)N1CCC(C(=O)C(C2CCc3ccccc3N2)N2CCN(c3cccc4[nH]ccc34)CC2)CC1. The number of amides is 1. The van der Waals surface area contributed by atoms with E-state index in [2.05, 4.69) is 68.6 Å². The fourth-order valence-corrected chi connectivity index (χ4v) is 6.64. The van der Waals surface area contributed by atoms with Crippen LogP contribution in [0.5, 0.6) is 0 Å². The zero-order chi connectivity index (χ0) is 25.4. The summed E-state index contributed by atoms with van der Waals surface area (Å²) in [5, 5.41) is 5.02. The number of ketones is 1. The Labute approximate surface area is 218 Å². The van der Waals surface area contributed by atoms with Crippen molar-refractivity contribution in [2.45, 2.75) is 44.7 Å². The number of rotatable bonds is 5. The number of anilines is 2. The molecule has 194 valence electrons. The van der Waals surface area contributed by atoms with E-state index in [4.69, 9.17) is 0 Å². The van der Waals surface area contributed by atoms with Gasteiger partial charge in [0.1, 0.15) is 0 Å². The number of aryl methyl sites for hydroxylation is 1. The van der Waals surface area contributed by atoms with Gasteiger partial charge in [-0.05, 0) is 55.5 Å². The monoisotopic (exact) mass is 499 g/mol. The summed E-state index contributed by atoms with van der Waals surface area (Å²) in [4.78, 5) is 36.1. The maximum absolute atomic E-state index is 14.2. The molecule has 0 spiro atoms. The van der Waals surface area contributed by atoms with Gasteiger partial charge in [0.25, 0.3) is 0 Å². The lowest BCUT2D eigenvalue weighted by molar-refractivity contribution is -0.135. The topological polar surface area (TPSA) is 71.7 Å². The van der Waals surface area contributed by atoms with Crippen LogP contribution in [0.3, 0.4) is 0 Å². The van der Waals surface area contributed by atoms with E-state index in [1.807, 2.05) is 11.1 Å². The lowest BCUT2D eigenvalue weighted by atomic mass is 9.82. The van der Waals surface area contributed by atoms with E-state index >= 15 is 0 Å². The molecule has 7 nitrogen and oxygen atoms in total. The molecule has 3 aliphatic heterocycles. The highest BCUT2D eigenvalue weighted by Crippen LogP contribution is 2.32. The lowest BCUT2D eigenvalue weighted by Crippen LogP contribution is -2.60. The number of aromatic amines is 1. The molecular formula is C30H37N5O2. The van der Waals surface area contributed by atoms with Crippen LogP contribution in [0.25, 0.3) is 10.9 Å². The third-order valence-electron chi connectivity index (χ3n) is 8.72. The summed E-state index contributed by atoms with van der Waals surface area (Å²) in [6, 6.07) is 17.0. The van der Waals surface area contributed by atoms with Crippen molar-refractivity contribution in [2.75, 3.05) is 49.5 Å². The zero-order valence-electron chi connectivity index (χ0n) is 21.7.